The fraction of sp³-hybridized carbons (Fsp3) is 0.438. The van der Waals surface area contributed by atoms with E-state index in [1.165, 1.54) is 0 Å². The second kappa shape index (κ2) is 5.77. The molecule has 2 rings (SSSR count). The molecule has 0 saturated heterocycles. The molecule has 5 nitrogen and oxygen atoms in total. The van der Waals surface area contributed by atoms with E-state index < -0.39 is 5.97 Å². The van der Waals surface area contributed by atoms with Crippen LogP contribution in [0, 0.1) is 6.92 Å². The largest absolute Gasteiger partial charge is 0.494 e. The Morgan fingerprint density at radius 3 is 2.62 bits per heavy atom. The van der Waals surface area contributed by atoms with Crippen molar-refractivity contribution >= 4 is 16.9 Å². The topological polar surface area (TPSA) is 54.7 Å². The molecular weight excluding hydrogens is 268 g/mol. The second-order valence-electron chi connectivity index (χ2n) is 5.47. The van der Waals surface area contributed by atoms with E-state index in [-0.39, 0.29) is 18.1 Å². The Kier molecular flexibility index (Phi) is 4.23. The highest BCUT2D eigenvalue weighted by Crippen LogP contribution is 2.35. The summed E-state index contributed by atoms with van der Waals surface area (Å²) in [4.78, 5) is 14.3. The van der Waals surface area contributed by atoms with Crippen molar-refractivity contribution in [1.82, 2.24) is 9.47 Å². The first kappa shape index (κ1) is 15.4. The number of rotatable bonds is 4. The van der Waals surface area contributed by atoms with Crippen molar-refractivity contribution in [3.8, 4) is 5.88 Å². The highest BCUT2D eigenvalue weighted by Gasteiger charge is 2.25. The lowest BCUT2D eigenvalue weighted by Gasteiger charge is -2.14. The van der Waals surface area contributed by atoms with Gasteiger partial charge in [0.05, 0.1) is 12.1 Å². The van der Waals surface area contributed by atoms with Crippen molar-refractivity contribution in [3.05, 3.63) is 28.8 Å². The fourth-order valence-corrected chi connectivity index (χ4v) is 2.61. The summed E-state index contributed by atoms with van der Waals surface area (Å²) in [7, 11) is 5.70. The average Bonchev–Trinajstić information content (AvgIpc) is 2.66. The summed E-state index contributed by atoms with van der Waals surface area (Å²) < 4.78 is 6.73. The van der Waals surface area contributed by atoms with Gasteiger partial charge in [0.25, 0.3) is 0 Å². The van der Waals surface area contributed by atoms with E-state index in [0.717, 1.165) is 22.0 Å². The van der Waals surface area contributed by atoms with Crippen LogP contribution in [-0.4, -0.2) is 41.2 Å². The minimum Gasteiger partial charge on any atom is -0.494 e. The quantitative estimate of drug-likeness (QED) is 0.879. The van der Waals surface area contributed by atoms with E-state index in [2.05, 4.69) is 0 Å². The molecular formula is C16H22N2O3. The Morgan fingerprint density at radius 1 is 1.38 bits per heavy atom. The average molecular weight is 290 g/mol. The minimum atomic E-state index is -0.480. The van der Waals surface area contributed by atoms with E-state index in [9.17, 15) is 9.90 Å². The highest BCUT2D eigenvalue weighted by atomic mass is 16.5. The third-order valence-electron chi connectivity index (χ3n) is 3.63. The van der Waals surface area contributed by atoms with Crippen molar-refractivity contribution < 1.29 is 14.6 Å². The van der Waals surface area contributed by atoms with Crippen LogP contribution in [0.4, 0.5) is 0 Å². The molecule has 1 heterocycles. The maximum atomic E-state index is 12.2. The van der Waals surface area contributed by atoms with Crippen LogP contribution in [-0.2, 0) is 18.3 Å². The number of fused-ring (bicyclic) bond motifs is 1. The molecule has 0 atom stereocenters. The number of hydrogen-bond acceptors (Lipinski definition) is 4. The molecule has 0 radical (unpaired) electrons. The van der Waals surface area contributed by atoms with Crippen LogP contribution in [0.1, 0.15) is 28.4 Å². The molecule has 2 aromatic rings. The van der Waals surface area contributed by atoms with Crippen LogP contribution < -0.4 is 0 Å². The molecule has 0 fully saturated rings. The van der Waals surface area contributed by atoms with E-state index in [1.54, 1.807) is 18.5 Å². The molecule has 0 spiro atoms. The van der Waals surface area contributed by atoms with Gasteiger partial charge < -0.3 is 19.3 Å². The lowest BCUT2D eigenvalue weighted by molar-refractivity contribution is 0.0524. The first-order chi connectivity index (χ1) is 9.88. The van der Waals surface area contributed by atoms with Crippen LogP contribution >= 0.6 is 0 Å². The summed E-state index contributed by atoms with van der Waals surface area (Å²) in [5.74, 6) is -0.528. The Hall–Kier alpha value is -2.01. The van der Waals surface area contributed by atoms with Crippen molar-refractivity contribution in [2.75, 3.05) is 20.7 Å². The molecule has 1 aromatic heterocycles. The smallest absolute Gasteiger partial charge is 0.344 e. The SMILES string of the molecule is CCOC(=O)c1c(O)n(C)c2ccc(C)c(CN(C)C)c12. The van der Waals surface area contributed by atoms with E-state index in [0.29, 0.717) is 6.54 Å². The van der Waals surface area contributed by atoms with Crippen LogP contribution in [0.15, 0.2) is 12.1 Å². The summed E-state index contributed by atoms with van der Waals surface area (Å²) >= 11 is 0. The Labute approximate surface area is 124 Å². The third kappa shape index (κ3) is 2.61. The molecule has 0 amide bonds. The van der Waals surface area contributed by atoms with Crippen LogP contribution in [0.5, 0.6) is 5.88 Å². The zero-order valence-electron chi connectivity index (χ0n) is 13.2. The van der Waals surface area contributed by atoms with E-state index in [1.807, 2.05) is 38.1 Å². The fourth-order valence-electron chi connectivity index (χ4n) is 2.61. The summed E-state index contributed by atoms with van der Waals surface area (Å²) in [6, 6.07) is 3.93. The van der Waals surface area contributed by atoms with Gasteiger partial charge >= 0.3 is 5.97 Å². The van der Waals surface area contributed by atoms with E-state index in [4.69, 9.17) is 4.74 Å². The molecule has 0 bridgehead atoms. The second-order valence-corrected chi connectivity index (χ2v) is 5.47. The third-order valence-corrected chi connectivity index (χ3v) is 3.63. The van der Waals surface area contributed by atoms with Gasteiger partial charge in [0.2, 0.25) is 5.88 Å². The maximum absolute atomic E-state index is 12.2. The van der Waals surface area contributed by atoms with Crippen molar-refractivity contribution in [2.24, 2.45) is 7.05 Å². The number of hydrogen-bond donors (Lipinski definition) is 1. The number of carbonyl (C=O) groups excluding carboxylic acids is 1. The maximum Gasteiger partial charge on any atom is 0.344 e. The predicted molar refractivity (Wildman–Crippen MR) is 82.7 cm³/mol. The lowest BCUT2D eigenvalue weighted by atomic mass is 10.0. The van der Waals surface area contributed by atoms with Crippen molar-refractivity contribution in [1.29, 1.82) is 0 Å². The lowest BCUT2D eigenvalue weighted by Crippen LogP contribution is -2.13. The number of ether oxygens (including phenoxy) is 1. The summed E-state index contributed by atoms with van der Waals surface area (Å²) in [5, 5.41) is 11.1. The van der Waals surface area contributed by atoms with Gasteiger partial charge in [0.1, 0.15) is 5.56 Å². The van der Waals surface area contributed by atoms with Crippen molar-refractivity contribution in [2.45, 2.75) is 20.4 Å². The van der Waals surface area contributed by atoms with Crippen LogP contribution in [0.3, 0.4) is 0 Å². The number of nitrogens with zero attached hydrogens (tertiary/aromatic N) is 2. The number of benzene rings is 1. The van der Waals surface area contributed by atoms with Gasteiger partial charge in [-0.25, -0.2) is 4.79 Å². The predicted octanol–water partition coefficient (Wildman–Crippen LogP) is 2.43. The zero-order valence-corrected chi connectivity index (χ0v) is 13.2. The standard InChI is InChI=1S/C16H22N2O3/c1-6-21-16(20)14-13-11(9-17(3)4)10(2)7-8-12(13)18(5)15(14)19/h7-8,19H,6,9H2,1-5H3. The number of aromatic hydroxyl groups is 1. The molecule has 0 aliphatic rings. The molecule has 1 N–H and O–H groups in total. The van der Waals surface area contributed by atoms with Gasteiger partial charge in [0.15, 0.2) is 0 Å². The van der Waals surface area contributed by atoms with Crippen LogP contribution in [0.25, 0.3) is 10.9 Å². The normalized spacial score (nSPS) is 11.3. The molecule has 5 heteroatoms. The number of aryl methyl sites for hydroxylation is 2. The van der Waals surface area contributed by atoms with Gasteiger partial charge in [0, 0.05) is 19.0 Å². The van der Waals surface area contributed by atoms with Gasteiger partial charge in [-0.15, -0.1) is 0 Å². The van der Waals surface area contributed by atoms with Crippen molar-refractivity contribution in [3.63, 3.8) is 0 Å². The minimum absolute atomic E-state index is 0.0472. The summed E-state index contributed by atoms with van der Waals surface area (Å²) in [6.07, 6.45) is 0. The highest BCUT2D eigenvalue weighted by molar-refractivity contribution is 6.08. The molecule has 21 heavy (non-hydrogen) atoms. The van der Waals surface area contributed by atoms with Gasteiger partial charge in [-0.1, -0.05) is 6.07 Å². The zero-order chi connectivity index (χ0) is 15.7. The monoisotopic (exact) mass is 290 g/mol. The summed E-state index contributed by atoms with van der Waals surface area (Å²) in [5.41, 5.74) is 3.22. The number of carbonyl (C=O) groups is 1. The van der Waals surface area contributed by atoms with Gasteiger partial charge in [-0.3, -0.25) is 0 Å². The van der Waals surface area contributed by atoms with E-state index >= 15 is 0 Å². The Morgan fingerprint density at radius 2 is 2.05 bits per heavy atom. The Balaban J connectivity index is 2.80. The number of aromatic nitrogens is 1. The number of esters is 1. The summed E-state index contributed by atoms with van der Waals surface area (Å²) in [6.45, 7) is 4.74. The Bertz CT molecular complexity index is 687. The molecule has 0 saturated carbocycles. The molecule has 114 valence electrons. The molecule has 0 unspecified atom stereocenters. The first-order valence-electron chi connectivity index (χ1n) is 7.00. The van der Waals surface area contributed by atoms with Gasteiger partial charge in [-0.2, -0.15) is 0 Å². The van der Waals surface area contributed by atoms with Gasteiger partial charge in [-0.05, 0) is 45.1 Å². The molecule has 0 aliphatic heterocycles. The van der Waals surface area contributed by atoms with Crippen LogP contribution in [0.2, 0.25) is 0 Å². The first-order valence-corrected chi connectivity index (χ1v) is 7.00. The molecule has 0 aliphatic carbocycles. The molecule has 1 aromatic carbocycles.